The highest BCUT2D eigenvalue weighted by atomic mass is 79.9. The maximum absolute atomic E-state index is 10.8. The van der Waals surface area contributed by atoms with Crippen molar-refractivity contribution in [3.8, 4) is 0 Å². The summed E-state index contributed by atoms with van der Waals surface area (Å²) < 4.78 is 22.4. The van der Waals surface area contributed by atoms with Crippen molar-refractivity contribution in [1.82, 2.24) is 0 Å². The average molecular weight is 276 g/mol. The molecule has 0 aliphatic carbocycles. The number of halogens is 2. The van der Waals surface area contributed by atoms with Crippen LogP contribution in [0.25, 0.3) is 0 Å². The standard InChI is InChI=1S/C5H4BrClO2S2/c1-3-2-10-5(4(3)6)11(7,8)9/h2H,1H3. The fourth-order valence-corrected chi connectivity index (χ4v) is 4.24. The van der Waals surface area contributed by atoms with E-state index in [9.17, 15) is 8.42 Å². The molecular weight excluding hydrogens is 272 g/mol. The molecule has 1 heterocycles. The van der Waals surface area contributed by atoms with Crippen LogP contribution < -0.4 is 0 Å². The topological polar surface area (TPSA) is 34.1 Å². The Kier molecular flexibility index (Phi) is 2.63. The normalized spacial score (nSPS) is 11.9. The maximum Gasteiger partial charge on any atom is 0.271 e. The zero-order valence-electron chi connectivity index (χ0n) is 5.47. The third kappa shape index (κ3) is 1.96. The lowest BCUT2D eigenvalue weighted by atomic mass is 10.4. The second-order valence-electron chi connectivity index (χ2n) is 1.96. The Morgan fingerprint density at radius 1 is 1.64 bits per heavy atom. The first kappa shape index (κ1) is 9.51. The molecule has 0 amide bonds. The highest BCUT2D eigenvalue weighted by Gasteiger charge is 2.17. The van der Waals surface area contributed by atoms with Crippen LogP contribution in [0.2, 0.25) is 0 Å². The minimum atomic E-state index is -3.57. The average Bonchev–Trinajstić information content (AvgIpc) is 2.11. The number of hydrogen-bond acceptors (Lipinski definition) is 3. The van der Waals surface area contributed by atoms with E-state index < -0.39 is 9.05 Å². The molecule has 0 N–H and O–H groups in total. The third-order valence-electron chi connectivity index (χ3n) is 1.09. The van der Waals surface area contributed by atoms with Gasteiger partial charge in [-0.15, -0.1) is 11.3 Å². The molecule has 11 heavy (non-hydrogen) atoms. The lowest BCUT2D eigenvalue weighted by molar-refractivity contribution is 0.611. The minimum Gasteiger partial charge on any atom is -0.206 e. The Bertz CT molecular complexity index is 368. The summed E-state index contributed by atoms with van der Waals surface area (Å²) in [6.45, 7) is 1.81. The fourth-order valence-electron chi connectivity index (χ4n) is 0.571. The summed E-state index contributed by atoms with van der Waals surface area (Å²) in [5.74, 6) is 0. The molecule has 1 aromatic rings. The quantitative estimate of drug-likeness (QED) is 0.739. The van der Waals surface area contributed by atoms with Gasteiger partial charge in [0.05, 0.1) is 4.47 Å². The molecule has 62 valence electrons. The second kappa shape index (κ2) is 3.05. The van der Waals surface area contributed by atoms with Crippen molar-refractivity contribution < 1.29 is 8.42 Å². The van der Waals surface area contributed by atoms with Crippen molar-refractivity contribution in [1.29, 1.82) is 0 Å². The van der Waals surface area contributed by atoms with Crippen LogP contribution in [0.1, 0.15) is 5.56 Å². The predicted octanol–water partition coefficient (Wildman–Crippen LogP) is 2.75. The van der Waals surface area contributed by atoms with Gasteiger partial charge in [0.2, 0.25) is 0 Å². The van der Waals surface area contributed by atoms with Gasteiger partial charge in [-0.2, -0.15) is 0 Å². The summed E-state index contributed by atoms with van der Waals surface area (Å²) in [5, 5.41) is 1.74. The molecule has 0 spiro atoms. The smallest absolute Gasteiger partial charge is 0.206 e. The van der Waals surface area contributed by atoms with E-state index in [2.05, 4.69) is 15.9 Å². The van der Waals surface area contributed by atoms with E-state index in [1.165, 1.54) is 0 Å². The van der Waals surface area contributed by atoms with Crippen LogP contribution in [0.4, 0.5) is 0 Å². The Morgan fingerprint density at radius 3 is 2.36 bits per heavy atom. The summed E-state index contributed by atoms with van der Waals surface area (Å²) in [7, 11) is 1.56. The second-order valence-corrected chi connectivity index (χ2v) is 6.39. The lowest BCUT2D eigenvalue weighted by Gasteiger charge is -1.90. The fraction of sp³-hybridized carbons (Fsp3) is 0.200. The summed E-state index contributed by atoms with van der Waals surface area (Å²) in [4.78, 5) is 0. The van der Waals surface area contributed by atoms with Gasteiger partial charge in [-0.05, 0) is 33.8 Å². The molecule has 0 atom stereocenters. The van der Waals surface area contributed by atoms with Gasteiger partial charge in [-0.1, -0.05) is 0 Å². The molecule has 0 aliphatic heterocycles. The van der Waals surface area contributed by atoms with Crippen LogP contribution in [0, 0.1) is 6.92 Å². The molecule has 0 unspecified atom stereocenters. The number of aryl methyl sites for hydroxylation is 1. The molecule has 0 aliphatic rings. The van der Waals surface area contributed by atoms with Crippen LogP contribution in [-0.4, -0.2) is 8.42 Å². The number of rotatable bonds is 1. The van der Waals surface area contributed by atoms with Gasteiger partial charge in [0.15, 0.2) is 0 Å². The van der Waals surface area contributed by atoms with Crippen molar-refractivity contribution in [3.05, 3.63) is 15.4 Å². The van der Waals surface area contributed by atoms with Gasteiger partial charge in [0.25, 0.3) is 9.05 Å². The van der Waals surface area contributed by atoms with Crippen LogP contribution in [0.5, 0.6) is 0 Å². The molecule has 1 aromatic heterocycles. The van der Waals surface area contributed by atoms with Gasteiger partial charge in [-0.3, -0.25) is 0 Å². The van der Waals surface area contributed by atoms with E-state index in [4.69, 9.17) is 10.7 Å². The van der Waals surface area contributed by atoms with E-state index in [0.717, 1.165) is 16.9 Å². The molecule has 0 radical (unpaired) electrons. The van der Waals surface area contributed by atoms with Crippen molar-refractivity contribution in [2.24, 2.45) is 0 Å². The molecule has 6 heteroatoms. The van der Waals surface area contributed by atoms with Gasteiger partial charge < -0.3 is 0 Å². The van der Waals surface area contributed by atoms with Crippen molar-refractivity contribution in [2.45, 2.75) is 11.1 Å². The minimum absolute atomic E-state index is 0.177. The highest BCUT2D eigenvalue weighted by molar-refractivity contribution is 9.10. The van der Waals surface area contributed by atoms with Crippen LogP contribution in [0.3, 0.4) is 0 Å². The SMILES string of the molecule is Cc1csc(S(=O)(=O)Cl)c1Br. The van der Waals surface area contributed by atoms with Crippen LogP contribution in [-0.2, 0) is 9.05 Å². The summed E-state index contributed by atoms with van der Waals surface area (Å²) in [6, 6.07) is 0. The van der Waals surface area contributed by atoms with Crippen LogP contribution in [0.15, 0.2) is 14.1 Å². The number of thiophene rings is 1. The Labute approximate surface area is 81.7 Å². The van der Waals surface area contributed by atoms with Crippen molar-refractivity contribution in [2.75, 3.05) is 0 Å². The molecule has 0 aromatic carbocycles. The molecule has 1 rings (SSSR count). The Balaban J connectivity index is 3.38. The first-order chi connectivity index (χ1) is 4.93. The first-order valence-electron chi connectivity index (χ1n) is 2.61. The lowest BCUT2D eigenvalue weighted by Crippen LogP contribution is -1.86. The van der Waals surface area contributed by atoms with Gasteiger partial charge >= 0.3 is 0 Å². The van der Waals surface area contributed by atoms with E-state index in [0.29, 0.717) is 4.47 Å². The van der Waals surface area contributed by atoms with Gasteiger partial charge in [0.1, 0.15) is 4.21 Å². The van der Waals surface area contributed by atoms with E-state index in [1.54, 1.807) is 5.38 Å². The third-order valence-corrected chi connectivity index (χ3v) is 5.86. The first-order valence-corrected chi connectivity index (χ1v) is 6.59. The number of hydrogen-bond donors (Lipinski definition) is 0. The largest absolute Gasteiger partial charge is 0.271 e. The zero-order chi connectivity index (χ0) is 8.65. The molecule has 0 fully saturated rings. The van der Waals surface area contributed by atoms with Gasteiger partial charge in [-0.25, -0.2) is 8.42 Å². The summed E-state index contributed by atoms with van der Waals surface area (Å²) in [6.07, 6.45) is 0. The molecule has 0 saturated heterocycles. The Hall–Kier alpha value is 0.420. The zero-order valence-corrected chi connectivity index (χ0v) is 9.44. The summed E-state index contributed by atoms with van der Waals surface area (Å²) >= 11 is 4.25. The predicted molar refractivity (Wildman–Crippen MR) is 49.8 cm³/mol. The summed E-state index contributed by atoms with van der Waals surface area (Å²) in [5.41, 5.74) is 0.884. The van der Waals surface area contributed by atoms with E-state index in [-0.39, 0.29) is 4.21 Å². The molecule has 0 saturated carbocycles. The van der Waals surface area contributed by atoms with Crippen molar-refractivity contribution >= 4 is 47.0 Å². The molecular formula is C5H4BrClO2S2. The maximum atomic E-state index is 10.8. The Morgan fingerprint density at radius 2 is 2.18 bits per heavy atom. The van der Waals surface area contributed by atoms with Gasteiger partial charge in [0, 0.05) is 10.7 Å². The molecule has 0 bridgehead atoms. The van der Waals surface area contributed by atoms with Crippen molar-refractivity contribution in [3.63, 3.8) is 0 Å². The van der Waals surface area contributed by atoms with E-state index >= 15 is 0 Å². The molecule has 2 nitrogen and oxygen atoms in total. The highest BCUT2D eigenvalue weighted by Crippen LogP contribution is 2.33. The van der Waals surface area contributed by atoms with Crippen LogP contribution >= 0.6 is 37.9 Å². The van der Waals surface area contributed by atoms with E-state index in [1.807, 2.05) is 6.92 Å². The monoisotopic (exact) mass is 274 g/mol.